The third-order valence-electron chi connectivity index (χ3n) is 2.20. The zero-order valence-corrected chi connectivity index (χ0v) is 8.44. The first-order chi connectivity index (χ1) is 5.91. The zero-order valence-electron chi connectivity index (χ0n) is 8.44. The lowest BCUT2D eigenvalue weighted by Gasteiger charge is -1.99. The summed E-state index contributed by atoms with van der Waals surface area (Å²) in [6.07, 6.45) is 13.4. The lowest BCUT2D eigenvalue weighted by Crippen LogP contribution is -1.80. The molecule has 0 aliphatic rings. The maximum Gasteiger partial charge on any atom is -0.00477 e. The molecule has 0 rings (SSSR count). The molecular weight excluding hydrogens is 146 g/mol. The number of rotatable bonds is 9. The van der Waals surface area contributed by atoms with Gasteiger partial charge in [0, 0.05) is 0 Å². The highest BCUT2D eigenvalue weighted by Gasteiger charge is 1.89. The minimum Gasteiger partial charge on any atom is -0.313 e. The average molecular weight is 169 g/mol. The Kier molecular flexibility index (Phi) is 10.4. The van der Waals surface area contributed by atoms with Crippen LogP contribution in [0.5, 0.6) is 0 Å². The van der Waals surface area contributed by atoms with Gasteiger partial charge in [-0.3, -0.25) is 0 Å². The molecule has 0 heterocycles. The van der Waals surface area contributed by atoms with E-state index in [1.807, 2.05) is 0 Å². The molecule has 1 heteroatoms. The van der Waals surface area contributed by atoms with E-state index in [-0.39, 0.29) is 0 Å². The second kappa shape index (κ2) is 10.7. The molecule has 0 unspecified atom stereocenters. The van der Waals surface area contributed by atoms with Crippen LogP contribution in [-0.4, -0.2) is 6.21 Å². The van der Waals surface area contributed by atoms with E-state index in [0.717, 1.165) is 6.42 Å². The fourth-order valence-corrected chi connectivity index (χ4v) is 1.38. The Labute approximate surface area is 77.1 Å². The molecule has 0 aliphatic heterocycles. The average Bonchev–Trinajstić information content (AvgIpc) is 2.10. The Balaban J connectivity index is 2.77. The van der Waals surface area contributed by atoms with Gasteiger partial charge in [0.2, 0.25) is 0 Å². The lowest BCUT2D eigenvalue weighted by molar-refractivity contribution is 0.580. The van der Waals surface area contributed by atoms with E-state index in [1.165, 1.54) is 57.6 Å². The molecule has 0 fully saturated rings. The molecule has 1 nitrogen and oxygen atoms in total. The van der Waals surface area contributed by atoms with Crippen LogP contribution in [0.4, 0.5) is 0 Å². The van der Waals surface area contributed by atoms with E-state index < -0.39 is 0 Å². The van der Waals surface area contributed by atoms with Crippen molar-refractivity contribution in [3.63, 3.8) is 0 Å². The number of hydrogen-bond donors (Lipinski definition) is 1. The van der Waals surface area contributed by atoms with Gasteiger partial charge in [-0.2, -0.15) is 0 Å². The molecule has 0 saturated carbocycles. The summed E-state index contributed by atoms with van der Waals surface area (Å²) in [5.74, 6) is 0. The molecular formula is C11H23N. The van der Waals surface area contributed by atoms with Crippen molar-refractivity contribution in [3.05, 3.63) is 0 Å². The van der Waals surface area contributed by atoms with Gasteiger partial charge >= 0.3 is 0 Å². The maximum atomic E-state index is 6.85. The highest BCUT2D eigenvalue weighted by molar-refractivity contribution is 5.52. The van der Waals surface area contributed by atoms with Gasteiger partial charge in [0.25, 0.3) is 0 Å². The summed E-state index contributed by atoms with van der Waals surface area (Å²) in [6, 6.07) is 0. The smallest absolute Gasteiger partial charge is 0.00477 e. The molecule has 0 bridgehead atoms. The van der Waals surface area contributed by atoms with Crippen molar-refractivity contribution < 1.29 is 0 Å². The van der Waals surface area contributed by atoms with Crippen molar-refractivity contribution in [2.24, 2.45) is 0 Å². The van der Waals surface area contributed by atoms with E-state index in [4.69, 9.17) is 5.41 Å². The van der Waals surface area contributed by atoms with Crippen LogP contribution >= 0.6 is 0 Å². The van der Waals surface area contributed by atoms with Crippen LogP contribution in [0.2, 0.25) is 0 Å². The first-order valence-electron chi connectivity index (χ1n) is 5.40. The highest BCUT2D eigenvalue weighted by Crippen LogP contribution is 2.08. The third-order valence-corrected chi connectivity index (χ3v) is 2.20. The van der Waals surface area contributed by atoms with Gasteiger partial charge < -0.3 is 5.41 Å². The third kappa shape index (κ3) is 9.67. The van der Waals surface area contributed by atoms with Crippen molar-refractivity contribution in [3.8, 4) is 0 Å². The van der Waals surface area contributed by atoms with Gasteiger partial charge in [-0.15, -0.1) is 0 Å². The Morgan fingerprint density at radius 3 is 1.83 bits per heavy atom. The van der Waals surface area contributed by atoms with Crippen molar-refractivity contribution in [2.75, 3.05) is 0 Å². The molecule has 0 atom stereocenters. The zero-order chi connectivity index (χ0) is 9.07. The summed E-state index contributed by atoms with van der Waals surface area (Å²) < 4.78 is 0. The second-order valence-corrected chi connectivity index (χ2v) is 3.47. The normalized spacial score (nSPS) is 10.1. The Morgan fingerprint density at radius 1 is 0.833 bits per heavy atom. The Bertz CT molecular complexity index is 89.0. The van der Waals surface area contributed by atoms with Crippen molar-refractivity contribution in [2.45, 2.75) is 64.7 Å². The van der Waals surface area contributed by atoms with Crippen LogP contribution in [0.25, 0.3) is 0 Å². The molecule has 0 aromatic carbocycles. The summed E-state index contributed by atoms with van der Waals surface area (Å²) in [5.41, 5.74) is 0. The molecule has 12 heavy (non-hydrogen) atoms. The van der Waals surface area contributed by atoms with E-state index >= 15 is 0 Å². The quantitative estimate of drug-likeness (QED) is 0.396. The SMILES string of the molecule is CCCCCCCCCCC=N. The van der Waals surface area contributed by atoms with Crippen LogP contribution in [0.15, 0.2) is 0 Å². The molecule has 0 aromatic rings. The lowest BCUT2D eigenvalue weighted by atomic mass is 10.1. The van der Waals surface area contributed by atoms with Crippen molar-refractivity contribution >= 4 is 6.21 Å². The summed E-state index contributed by atoms with van der Waals surface area (Å²) in [4.78, 5) is 0. The van der Waals surface area contributed by atoms with Crippen LogP contribution in [0.3, 0.4) is 0 Å². The minimum atomic E-state index is 0.981. The first-order valence-corrected chi connectivity index (χ1v) is 5.40. The monoisotopic (exact) mass is 169 g/mol. The van der Waals surface area contributed by atoms with Crippen molar-refractivity contribution in [1.29, 1.82) is 5.41 Å². The summed E-state index contributed by atoms with van der Waals surface area (Å²) in [5, 5.41) is 6.85. The standard InChI is InChI=1S/C11H23N/c1-2-3-4-5-6-7-8-9-10-11-12/h11-12H,2-10H2,1H3. The van der Waals surface area contributed by atoms with Gasteiger partial charge in [0.1, 0.15) is 0 Å². The van der Waals surface area contributed by atoms with Gasteiger partial charge in [0.15, 0.2) is 0 Å². The van der Waals surface area contributed by atoms with Gasteiger partial charge in [-0.05, 0) is 19.1 Å². The van der Waals surface area contributed by atoms with Crippen LogP contribution < -0.4 is 0 Å². The van der Waals surface area contributed by atoms with Gasteiger partial charge in [0.05, 0.1) is 0 Å². The summed E-state index contributed by atoms with van der Waals surface area (Å²) >= 11 is 0. The first kappa shape index (κ1) is 11.7. The minimum absolute atomic E-state index is 0.981. The van der Waals surface area contributed by atoms with E-state index in [9.17, 15) is 0 Å². The topological polar surface area (TPSA) is 23.9 Å². The van der Waals surface area contributed by atoms with Crippen molar-refractivity contribution in [1.82, 2.24) is 0 Å². The molecule has 0 saturated heterocycles. The summed E-state index contributed by atoms with van der Waals surface area (Å²) in [6.45, 7) is 2.25. The Morgan fingerprint density at radius 2 is 1.33 bits per heavy atom. The van der Waals surface area contributed by atoms with Gasteiger partial charge in [-0.25, -0.2) is 0 Å². The fraction of sp³-hybridized carbons (Fsp3) is 0.909. The molecule has 0 radical (unpaired) electrons. The Hall–Kier alpha value is -0.330. The molecule has 0 amide bonds. The molecule has 0 aliphatic carbocycles. The largest absolute Gasteiger partial charge is 0.313 e. The predicted octanol–water partition coefficient (Wildman–Crippen LogP) is 4.17. The number of unbranched alkanes of at least 4 members (excludes halogenated alkanes) is 8. The second-order valence-electron chi connectivity index (χ2n) is 3.47. The highest BCUT2D eigenvalue weighted by atomic mass is 14.3. The summed E-state index contributed by atoms with van der Waals surface area (Å²) in [7, 11) is 0. The number of hydrogen-bond acceptors (Lipinski definition) is 1. The fourth-order valence-electron chi connectivity index (χ4n) is 1.38. The van der Waals surface area contributed by atoms with E-state index in [2.05, 4.69) is 6.92 Å². The van der Waals surface area contributed by atoms with E-state index in [0.29, 0.717) is 0 Å². The molecule has 0 aromatic heterocycles. The van der Waals surface area contributed by atoms with E-state index in [1.54, 1.807) is 0 Å². The van der Waals surface area contributed by atoms with Crippen LogP contribution in [0, 0.1) is 5.41 Å². The molecule has 0 spiro atoms. The predicted molar refractivity (Wildman–Crippen MR) is 56.0 cm³/mol. The van der Waals surface area contributed by atoms with Crippen LogP contribution in [0.1, 0.15) is 64.7 Å². The number of nitrogens with one attached hydrogen (secondary N) is 1. The van der Waals surface area contributed by atoms with Gasteiger partial charge in [-0.1, -0.05) is 51.9 Å². The van der Waals surface area contributed by atoms with Crippen LogP contribution in [-0.2, 0) is 0 Å². The maximum absolute atomic E-state index is 6.85. The molecule has 1 N–H and O–H groups in total. The molecule has 72 valence electrons.